The zero-order chi connectivity index (χ0) is 16.0. The van der Waals surface area contributed by atoms with E-state index in [2.05, 4.69) is 0 Å². The van der Waals surface area contributed by atoms with Gasteiger partial charge >= 0.3 is 5.97 Å². The van der Waals surface area contributed by atoms with Crippen LogP contribution in [-0.4, -0.2) is 32.4 Å². The molecule has 0 spiro atoms. The van der Waals surface area contributed by atoms with Crippen LogP contribution >= 0.6 is 11.6 Å². The zero-order valence-electron chi connectivity index (χ0n) is 11.3. The van der Waals surface area contributed by atoms with Crippen molar-refractivity contribution in [1.82, 2.24) is 0 Å². The highest BCUT2D eigenvalue weighted by Crippen LogP contribution is 2.32. The summed E-state index contributed by atoms with van der Waals surface area (Å²) < 4.78 is 29.5. The number of carbonyl (C=O) groups is 1. The van der Waals surface area contributed by atoms with Crippen LogP contribution in [0.4, 0.5) is 0 Å². The van der Waals surface area contributed by atoms with E-state index >= 15 is 0 Å². The molecule has 114 valence electrons. The van der Waals surface area contributed by atoms with Crippen LogP contribution in [0, 0.1) is 11.3 Å². The van der Waals surface area contributed by atoms with Gasteiger partial charge in [-0.05, 0) is 25.0 Å². The normalized spacial score (nSPS) is 10.9. The highest BCUT2D eigenvalue weighted by atomic mass is 35.5. The molecule has 0 aromatic heterocycles. The average Bonchev–Trinajstić information content (AvgIpc) is 2.42. The van der Waals surface area contributed by atoms with Crippen LogP contribution < -0.4 is 4.74 Å². The second-order valence-electron chi connectivity index (χ2n) is 4.22. The lowest BCUT2D eigenvalue weighted by Gasteiger charge is -2.12. The first-order valence-corrected chi connectivity index (χ1v) is 8.07. The van der Waals surface area contributed by atoms with Gasteiger partial charge in [-0.2, -0.15) is 5.26 Å². The van der Waals surface area contributed by atoms with Gasteiger partial charge in [-0.25, -0.2) is 13.2 Å². The van der Waals surface area contributed by atoms with Gasteiger partial charge in [0.1, 0.15) is 10.5 Å². The zero-order valence-corrected chi connectivity index (χ0v) is 12.9. The van der Waals surface area contributed by atoms with Gasteiger partial charge in [-0.3, -0.25) is 0 Å². The molecule has 0 saturated heterocycles. The van der Waals surface area contributed by atoms with E-state index < -0.39 is 15.8 Å². The molecule has 0 unspecified atom stereocenters. The predicted octanol–water partition coefficient (Wildman–Crippen LogP) is 2.51. The van der Waals surface area contributed by atoms with Gasteiger partial charge in [0.2, 0.25) is 0 Å². The summed E-state index contributed by atoms with van der Waals surface area (Å²) in [7, 11) is -2.55. The Morgan fingerprint density at radius 1 is 1.43 bits per heavy atom. The number of halogens is 1. The Hall–Kier alpha value is -1.78. The summed E-state index contributed by atoms with van der Waals surface area (Å²) in [5.41, 5.74) is -0.305. The Morgan fingerprint density at radius 3 is 2.62 bits per heavy atom. The van der Waals surface area contributed by atoms with E-state index in [4.69, 9.17) is 26.7 Å². The molecule has 8 heteroatoms. The number of nitriles is 1. The third kappa shape index (κ3) is 4.34. The van der Waals surface area contributed by atoms with Gasteiger partial charge in [0.05, 0.1) is 18.9 Å². The fourth-order valence-corrected chi connectivity index (χ4v) is 3.64. The number of benzene rings is 1. The molecular weight excluding hydrogens is 318 g/mol. The molecule has 0 atom stereocenters. The number of nitrogens with zero attached hydrogens (tertiary/aromatic N) is 1. The van der Waals surface area contributed by atoms with E-state index in [1.807, 2.05) is 6.07 Å². The van der Waals surface area contributed by atoms with Gasteiger partial charge in [-0.15, -0.1) is 0 Å². The van der Waals surface area contributed by atoms with E-state index in [9.17, 15) is 13.2 Å². The minimum atomic E-state index is -3.74. The van der Waals surface area contributed by atoms with Gasteiger partial charge in [0, 0.05) is 11.4 Å². The Labute approximate surface area is 127 Å². The molecular formula is C13H14ClNO5S. The van der Waals surface area contributed by atoms with Crippen molar-refractivity contribution in [2.24, 2.45) is 0 Å². The molecule has 0 heterocycles. The van der Waals surface area contributed by atoms with E-state index in [0.717, 1.165) is 6.07 Å². The molecule has 0 radical (unpaired) electrons. The first-order valence-electron chi connectivity index (χ1n) is 6.04. The van der Waals surface area contributed by atoms with Crippen molar-refractivity contribution in [3.8, 4) is 11.8 Å². The van der Waals surface area contributed by atoms with Crippen LogP contribution in [0.25, 0.3) is 0 Å². The molecule has 0 aliphatic carbocycles. The van der Waals surface area contributed by atoms with E-state index in [-0.39, 0.29) is 33.4 Å². The minimum absolute atomic E-state index is 0.00352. The third-order valence-corrected chi connectivity index (χ3v) is 4.76. The van der Waals surface area contributed by atoms with Crippen LogP contribution in [0.5, 0.6) is 5.75 Å². The van der Waals surface area contributed by atoms with Gasteiger partial charge in [0.15, 0.2) is 15.6 Å². The van der Waals surface area contributed by atoms with Crippen LogP contribution in [-0.2, 0) is 9.84 Å². The largest absolute Gasteiger partial charge is 0.494 e. The Kier molecular flexibility index (Phi) is 6.00. The number of carboxylic acid groups (broad SMARTS) is 1. The maximum Gasteiger partial charge on any atom is 0.339 e. The second kappa shape index (κ2) is 7.29. The fourth-order valence-electron chi connectivity index (χ4n) is 1.78. The Bertz CT molecular complexity index is 679. The van der Waals surface area contributed by atoms with Crippen LogP contribution in [0.2, 0.25) is 5.02 Å². The van der Waals surface area contributed by atoms with Gasteiger partial charge < -0.3 is 9.84 Å². The molecule has 0 amide bonds. The minimum Gasteiger partial charge on any atom is -0.494 e. The van der Waals surface area contributed by atoms with Gasteiger partial charge in [-0.1, -0.05) is 11.6 Å². The number of sulfone groups is 1. The maximum absolute atomic E-state index is 12.3. The molecule has 1 aromatic carbocycles. The van der Waals surface area contributed by atoms with Crippen molar-refractivity contribution in [3.05, 3.63) is 22.7 Å². The monoisotopic (exact) mass is 331 g/mol. The molecule has 6 nitrogen and oxygen atoms in total. The number of rotatable bonds is 7. The first kappa shape index (κ1) is 17.3. The van der Waals surface area contributed by atoms with Crippen LogP contribution in [0.15, 0.2) is 17.0 Å². The van der Waals surface area contributed by atoms with Crippen molar-refractivity contribution >= 4 is 27.4 Å². The summed E-state index contributed by atoms with van der Waals surface area (Å²) in [5, 5.41) is 17.5. The van der Waals surface area contributed by atoms with Crippen molar-refractivity contribution in [1.29, 1.82) is 5.26 Å². The SMILES string of the molecule is COc1c(C(=O)O)cc(Cl)cc1S(=O)(=O)CCCCC#N. The average molecular weight is 332 g/mol. The number of unbranched alkanes of at least 4 members (excludes halogenated alkanes) is 2. The molecule has 0 bridgehead atoms. The van der Waals surface area contributed by atoms with Crippen molar-refractivity contribution in [3.63, 3.8) is 0 Å². The summed E-state index contributed by atoms with van der Waals surface area (Å²) in [5.74, 6) is -1.76. The number of ether oxygens (including phenoxy) is 1. The van der Waals surface area contributed by atoms with Gasteiger partial charge in [0.25, 0.3) is 0 Å². The number of carboxylic acids is 1. The lowest BCUT2D eigenvalue weighted by atomic mass is 10.2. The molecule has 0 aliphatic heterocycles. The van der Waals surface area contributed by atoms with Crippen molar-refractivity contribution < 1.29 is 23.1 Å². The molecule has 1 rings (SSSR count). The number of aromatic carboxylic acids is 1. The third-order valence-electron chi connectivity index (χ3n) is 2.74. The first-order chi connectivity index (χ1) is 9.83. The highest BCUT2D eigenvalue weighted by molar-refractivity contribution is 7.91. The molecule has 0 saturated carbocycles. The predicted molar refractivity (Wildman–Crippen MR) is 76.5 cm³/mol. The topological polar surface area (TPSA) is 104 Å². The highest BCUT2D eigenvalue weighted by Gasteiger charge is 2.25. The molecule has 1 N–H and O–H groups in total. The Balaban J connectivity index is 3.22. The number of methoxy groups -OCH3 is 1. The summed E-state index contributed by atoms with van der Waals surface area (Å²) in [6.45, 7) is 0. The van der Waals surface area contributed by atoms with Crippen molar-refractivity contribution in [2.45, 2.75) is 24.2 Å². The molecule has 1 aromatic rings. The lowest BCUT2D eigenvalue weighted by molar-refractivity contribution is 0.0693. The van der Waals surface area contributed by atoms with Crippen LogP contribution in [0.1, 0.15) is 29.6 Å². The lowest BCUT2D eigenvalue weighted by Crippen LogP contribution is -2.11. The number of hydrogen-bond donors (Lipinski definition) is 1. The summed E-state index contributed by atoms with van der Waals surface area (Å²) in [6, 6.07) is 4.24. The van der Waals surface area contributed by atoms with Crippen molar-refractivity contribution in [2.75, 3.05) is 12.9 Å². The number of hydrogen-bond acceptors (Lipinski definition) is 5. The summed E-state index contributed by atoms with van der Waals surface area (Å²) in [6.07, 6.45) is 1.01. The smallest absolute Gasteiger partial charge is 0.339 e. The van der Waals surface area contributed by atoms with E-state index in [1.54, 1.807) is 0 Å². The molecule has 0 fully saturated rings. The summed E-state index contributed by atoms with van der Waals surface area (Å²) >= 11 is 5.79. The van der Waals surface area contributed by atoms with Crippen LogP contribution in [0.3, 0.4) is 0 Å². The maximum atomic E-state index is 12.3. The fraction of sp³-hybridized carbons (Fsp3) is 0.385. The summed E-state index contributed by atoms with van der Waals surface area (Å²) in [4.78, 5) is 10.9. The molecule has 0 aliphatic rings. The van der Waals surface area contributed by atoms with E-state index in [1.165, 1.54) is 13.2 Å². The Morgan fingerprint density at radius 2 is 2.10 bits per heavy atom. The van der Waals surface area contributed by atoms with E-state index in [0.29, 0.717) is 12.8 Å². The standard InChI is InChI=1S/C13H14ClNO5S/c1-20-12-10(13(16)17)7-9(14)8-11(12)21(18,19)6-4-2-3-5-15/h7-8H,2-4,6H2,1H3,(H,16,17). The quantitative estimate of drug-likeness (QED) is 0.770. The second-order valence-corrected chi connectivity index (χ2v) is 6.74. The molecule has 21 heavy (non-hydrogen) atoms.